The van der Waals surface area contributed by atoms with Crippen molar-refractivity contribution in [2.45, 2.75) is 27.7 Å². The van der Waals surface area contributed by atoms with Crippen molar-refractivity contribution >= 4 is 34.9 Å². The minimum Gasteiger partial charge on any atom is -0.478 e. The van der Waals surface area contributed by atoms with Gasteiger partial charge in [-0.3, -0.25) is 4.79 Å². The maximum atomic E-state index is 12.4. The number of hydrogen-bond acceptors (Lipinski definition) is 3. The van der Waals surface area contributed by atoms with Gasteiger partial charge in [0.1, 0.15) is 0 Å². The Morgan fingerprint density at radius 1 is 1.00 bits per heavy atom. The minimum atomic E-state index is -1.02. The molecule has 0 aromatic heterocycles. The molecule has 28 heavy (non-hydrogen) atoms. The lowest BCUT2D eigenvalue weighted by Gasteiger charge is -2.30. The Kier molecular flexibility index (Phi) is 7.46. The van der Waals surface area contributed by atoms with E-state index in [2.05, 4.69) is 37.9 Å². The highest BCUT2D eigenvalue weighted by molar-refractivity contribution is 6.30. The molecule has 2 N–H and O–H groups in total. The Labute approximate surface area is 171 Å². The lowest BCUT2D eigenvalue weighted by molar-refractivity contribution is 0.0697. The number of benzene rings is 2. The summed E-state index contributed by atoms with van der Waals surface area (Å²) in [5.41, 5.74) is 1.73. The molecular formula is C22H27ClN2O3. The number of anilines is 2. The van der Waals surface area contributed by atoms with Crippen LogP contribution >= 0.6 is 11.6 Å². The molecule has 0 unspecified atom stereocenters. The van der Waals surface area contributed by atoms with Crippen LogP contribution in [0.15, 0.2) is 42.5 Å². The van der Waals surface area contributed by atoms with Gasteiger partial charge in [-0.15, -0.1) is 0 Å². The van der Waals surface area contributed by atoms with Crippen LogP contribution in [-0.4, -0.2) is 30.1 Å². The number of aromatic carboxylic acids is 1. The highest BCUT2D eigenvalue weighted by atomic mass is 35.5. The van der Waals surface area contributed by atoms with Crippen LogP contribution < -0.4 is 10.2 Å². The van der Waals surface area contributed by atoms with Crippen LogP contribution in [0.25, 0.3) is 0 Å². The van der Waals surface area contributed by atoms with Crippen LogP contribution in [0, 0.1) is 11.8 Å². The average molecular weight is 403 g/mol. The Bertz CT molecular complexity index is 822. The number of halogens is 1. The van der Waals surface area contributed by atoms with Crippen LogP contribution in [-0.2, 0) is 0 Å². The summed E-state index contributed by atoms with van der Waals surface area (Å²) in [6.07, 6.45) is 0. The summed E-state index contributed by atoms with van der Waals surface area (Å²) in [7, 11) is 0. The van der Waals surface area contributed by atoms with Gasteiger partial charge in [-0.2, -0.15) is 0 Å². The van der Waals surface area contributed by atoms with Gasteiger partial charge in [0.25, 0.3) is 5.91 Å². The molecule has 0 saturated carbocycles. The summed E-state index contributed by atoms with van der Waals surface area (Å²) in [5, 5.41) is 13.0. The lowest BCUT2D eigenvalue weighted by atomic mass is 10.1. The lowest BCUT2D eigenvalue weighted by Crippen LogP contribution is -2.32. The van der Waals surface area contributed by atoms with Crippen molar-refractivity contribution in [3.05, 3.63) is 58.6 Å². The van der Waals surface area contributed by atoms with Crippen LogP contribution in [0.4, 0.5) is 11.4 Å². The molecule has 0 aliphatic heterocycles. The van der Waals surface area contributed by atoms with Crippen molar-refractivity contribution < 1.29 is 14.7 Å². The first-order chi connectivity index (χ1) is 13.2. The number of hydrogen-bond donors (Lipinski definition) is 2. The Hall–Kier alpha value is -2.53. The number of carbonyl (C=O) groups is 2. The first kappa shape index (κ1) is 21.8. The van der Waals surface area contributed by atoms with Crippen molar-refractivity contribution in [1.82, 2.24) is 0 Å². The number of rotatable bonds is 8. The molecule has 6 heteroatoms. The molecule has 0 spiro atoms. The smallest absolute Gasteiger partial charge is 0.337 e. The summed E-state index contributed by atoms with van der Waals surface area (Å²) in [6, 6.07) is 11.5. The van der Waals surface area contributed by atoms with Crippen LogP contribution in [0.2, 0.25) is 5.02 Å². The third-order valence-electron chi connectivity index (χ3n) is 4.10. The second kappa shape index (κ2) is 9.60. The van der Waals surface area contributed by atoms with E-state index in [4.69, 9.17) is 11.6 Å². The van der Waals surface area contributed by atoms with E-state index < -0.39 is 5.97 Å². The van der Waals surface area contributed by atoms with Crippen molar-refractivity contribution in [2.24, 2.45) is 11.8 Å². The summed E-state index contributed by atoms with van der Waals surface area (Å²) >= 11 is 5.85. The number of carboxylic acids is 1. The second-order valence-electron chi connectivity index (χ2n) is 7.69. The highest BCUT2D eigenvalue weighted by Crippen LogP contribution is 2.27. The van der Waals surface area contributed by atoms with Crippen molar-refractivity contribution in [2.75, 3.05) is 23.3 Å². The Balaban J connectivity index is 2.31. The summed E-state index contributed by atoms with van der Waals surface area (Å²) in [4.78, 5) is 26.4. The maximum absolute atomic E-state index is 12.4. The molecule has 2 aromatic carbocycles. The van der Waals surface area contributed by atoms with Gasteiger partial charge in [0.05, 0.1) is 11.3 Å². The molecule has 0 aliphatic carbocycles. The third-order valence-corrected chi connectivity index (χ3v) is 4.35. The number of carbonyl (C=O) groups excluding carboxylic acids is 1. The SMILES string of the molecule is CC(C)CN(CC(C)C)c1ccc(NC(=O)c2ccc(Cl)cc2)cc1C(=O)O. The van der Waals surface area contributed by atoms with Crippen molar-refractivity contribution in [3.8, 4) is 0 Å². The van der Waals surface area contributed by atoms with E-state index in [0.717, 1.165) is 13.1 Å². The molecule has 0 fully saturated rings. The largest absolute Gasteiger partial charge is 0.478 e. The Morgan fingerprint density at radius 3 is 2.07 bits per heavy atom. The molecule has 0 radical (unpaired) electrons. The molecule has 0 bridgehead atoms. The van der Waals surface area contributed by atoms with E-state index in [1.807, 2.05) is 0 Å². The molecular weight excluding hydrogens is 376 g/mol. The van der Waals surface area contributed by atoms with Gasteiger partial charge >= 0.3 is 5.97 Å². The fraction of sp³-hybridized carbons (Fsp3) is 0.364. The third kappa shape index (κ3) is 5.99. The summed E-state index contributed by atoms with van der Waals surface area (Å²) < 4.78 is 0. The van der Waals surface area contributed by atoms with Gasteiger partial charge in [-0.25, -0.2) is 4.79 Å². The normalized spacial score (nSPS) is 11.0. The average Bonchev–Trinajstić information content (AvgIpc) is 2.60. The number of carboxylic acid groups (broad SMARTS) is 1. The zero-order valence-electron chi connectivity index (χ0n) is 16.7. The molecule has 5 nitrogen and oxygen atoms in total. The summed E-state index contributed by atoms with van der Waals surface area (Å²) in [6.45, 7) is 9.94. The second-order valence-corrected chi connectivity index (χ2v) is 8.13. The van der Waals surface area contributed by atoms with Crippen LogP contribution in [0.1, 0.15) is 48.4 Å². The van der Waals surface area contributed by atoms with Crippen LogP contribution in [0.3, 0.4) is 0 Å². The first-order valence-electron chi connectivity index (χ1n) is 9.36. The molecule has 0 atom stereocenters. The van der Waals surface area contributed by atoms with Gasteiger partial charge < -0.3 is 15.3 Å². The molecule has 0 saturated heterocycles. The van der Waals surface area contributed by atoms with Crippen molar-refractivity contribution in [1.29, 1.82) is 0 Å². The standard InChI is InChI=1S/C22H27ClN2O3/c1-14(2)12-25(13-15(3)4)20-10-9-18(11-19(20)22(27)28)24-21(26)16-5-7-17(23)8-6-16/h5-11,14-15H,12-13H2,1-4H3,(H,24,26)(H,27,28). The fourth-order valence-corrected chi connectivity index (χ4v) is 3.14. The van der Waals surface area contributed by atoms with Gasteiger partial charge in [0, 0.05) is 29.4 Å². The summed E-state index contributed by atoms with van der Waals surface area (Å²) in [5.74, 6) is -0.550. The van der Waals surface area contributed by atoms with Gasteiger partial charge in [-0.1, -0.05) is 39.3 Å². The van der Waals surface area contributed by atoms with E-state index >= 15 is 0 Å². The van der Waals surface area contributed by atoms with Gasteiger partial charge in [-0.05, 0) is 54.3 Å². The molecule has 2 rings (SSSR count). The quantitative estimate of drug-likeness (QED) is 0.619. The van der Waals surface area contributed by atoms with E-state index in [9.17, 15) is 14.7 Å². The maximum Gasteiger partial charge on any atom is 0.337 e. The monoisotopic (exact) mass is 402 g/mol. The number of nitrogens with one attached hydrogen (secondary N) is 1. The van der Waals surface area contributed by atoms with Gasteiger partial charge in [0.2, 0.25) is 0 Å². The minimum absolute atomic E-state index is 0.176. The number of amides is 1. The highest BCUT2D eigenvalue weighted by Gasteiger charge is 2.19. The van der Waals surface area contributed by atoms with Crippen LogP contribution in [0.5, 0.6) is 0 Å². The molecule has 0 heterocycles. The molecule has 1 amide bonds. The first-order valence-corrected chi connectivity index (χ1v) is 9.74. The predicted molar refractivity (Wildman–Crippen MR) is 115 cm³/mol. The van der Waals surface area contributed by atoms with E-state index in [-0.39, 0.29) is 11.5 Å². The predicted octanol–water partition coefficient (Wildman–Crippen LogP) is 5.41. The van der Waals surface area contributed by atoms with E-state index in [1.54, 1.807) is 36.4 Å². The van der Waals surface area contributed by atoms with E-state index in [1.165, 1.54) is 6.07 Å². The molecule has 0 aliphatic rings. The van der Waals surface area contributed by atoms with E-state index in [0.29, 0.717) is 33.8 Å². The van der Waals surface area contributed by atoms with Crippen molar-refractivity contribution in [3.63, 3.8) is 0 Å². The Morgan fingerprint density at radius 2 is 1.57 bits per heavy atom. The zero-order chi connectivity index (χ0) is 20.8. The molecule has 150 valence electrons. The zero-order valence-corrected chi connectivity index (χ0v) is 17.5. The van der Waals surface area contributed by atoms with Gasteiger partial charge in [0.15, 0.2) is 0 Å². The fourth-order valence-electron chi connectivity index (χ4n) is 3.02. The number of nitrogens with zero attached hydrogens (tertiary/aromatic N) is 1. The topological polar surface area (TPSA) is 69.6 Å². The molecule has 2 aromatic rings.